The second-order valence-corrected chi connectivity index (χ2v) is 6.28. The van der Waals surface area contributed by atoms with Crippen molar-refractivity contribution in [1.82, 2.24) is 5.32 Å². The summed E-state index contributed by atoms with van der Waals surface area (Å²) < 4.78 is 33.9. The molecule has 1 atom stereocenters. The summed E-state index contributed by atoms with van der Waals surface area (Å²) in [6, 6.07) is 8.00. The Morgan fingerprint density at radius 2 is 2.11 bits per heavy atom. The van der Waals surface area contributed by atoms with E-state index in [1.165, 1.54) is 12.1 Å². The van der Waals surface area contributed by atoms with Gasteiger partial charge in [-0.25, -0.2) is 0 Å². The lowest BCUT2D eigenvalue weighted by atomic mass is 10.1. The SMILES string of the molecule is CC1(COS(=O)(=O)c2ccccc2)COC(=S)N1. The topological polar surface area (TPSA) is 64.6 Å². The minimum atomic E-state index is -3.74. The second kappa shape index (κ2) is 4.83. The van der Waals surface area contributed by atoms with Crippen LogP contribution in [0.2, 0.25) is 0 Å². The lowest BCUT2D eigenvalue weighted by Crippen LogP contribution is -2.45. The zero-order valence-corrected chi connectivity index (χ0v) is 11.4. The molecule has 0 aliphatic carbocycles. The van der Waals surface area contributed by atoms with Crippen molar-refractivity contribution >= 4 is 27.5 Å². The summed E-state index contributed by atoms with van der Waals surface area (Å²) in [6.07, 6.45) is 0. The molecule has 1 aromatic carbocycles. The third-order valence-electron chi connectivity index (χ3n) is 2.49. The Bertz CT molecular complexity index is 543. The van der Waals surface area contributed by atoms with Crippen molar-refractivity contribution in [2.75, 3.05) is 13.2 Å². The van der Waals surface area contributed by atoms with E-state index in [2.05, 4.69) is 5.32 Å². The number of benzene rings is 1. The van der Waals surface area contributed by atoms with Gasteiger partial charge in [0.25, 0.3) is 15.3 Å². The number of hydrogen-bond donors (Lipinski definition) is 1. The van der Waals surface area contributed by atoms with Crippen LogP contribution in [0.15, 0.2) is 35.2 Å². The first-order valence-corrected chi connectivity index (χ1v) is 7.12. The first-order chi connectivity index (χ1) is 8.41. The third kappa shape index (κ3) is 2.98. The van der Waals surface area contributed by atoms with Crippen molar-refractivity contribution in [3.63, 3.8) is 0 Å². The Morgan fingerprint density at radius 3 is 2.67 bits per heavy atom. The van der Waals surface area contributed by atoms with Gasteiger partial charge in [-0.2, -0.15) is 8.42 Å². The summed E-state index contributed by atoms with van der Waals surface area (Å²) in [7, 11) is -3.74. The van der Waals surface area contributed by atoms with E-state index in [0.29, 0.717) is 0 Å². The Kier molecular flexibility index (Phi) is 3.56. The number of hydrogen-bond acceptors (Lipinski definition) is 5. The lowest BCUT2D eigenvalue weighted by molar-refractivity contribution is 0.189. The van der Waals surface area contributed by atoms with Crippen LogP contribution in [-0.4, -0.2) is 32.3 Å². The van der Waals surface area contributed by atoms with Crippen molar-refractivity contribution in [2.45, 2.75) is 17.4 Å². The molecular weight excluding hydrogens is 274 g/mol. The summed E-state index contributed by atoms with van der Waals surface area (Å²) in [4.78, 5) is 0.134. The Morgan fingerprint density at radius 1 is 1.44 bits per heavy atom. The predicted octanol–water partition coefficient (Wildman–Crippen LogP) is 1.06. The molecule has 18 heavy (non-hydrogen) atoms. The number of thiocarbonyl (C=S) groups is 1. The van der Waals surface area contributed by atoms with Gasteiger partial charge in [0.15, 0.2) is 0 Å². The van der Waals surface area contributed by atoms with Gasteiger partial charge >= 0.3 is 0 Å². The van der Waals surface area contributed by atoms with Gasteiger partial charge in [-0.15, -0.1) is 0 Å². The smallest absolute Gasteiger partial charge is 0.297 e. The molecule has 1 aromatic rings. The maximum Gasteiger partial charge on any atom is 0.297 e. The summed E-state index contributed by atoms with van der Waals surface area (Å²) in [5, 5.41) is 3.14. The molecule has 1 unspecified atom stereocenters. The minimum Gasteiger partial charge on any atom is -0.468 e. The summed E-state index contributed by atoms with van der Waals surface area (Å²) in [6.45, 7) is 2.04. The number of ether oxygens (including phenoxy) is 1. The third-order valence-corrected chi connectivity index (χ3v) is 3.99. The minimum absolute atomic E-state index is 0.0373. The van der Waals surface area contributed by atoms with Gasteiger partial charge < -0.3 is 10.1 Å². The van der Waals surface area contributed by atoms with E-state index in [1.54, 1.807) is 25.1 Å². The molecule has 0 radical (unpaired) electrons. The van der Waals surface area contributed by atoms with Crippen molar-refractivity contribution < 1.29 is 17.3 Å². The highest BCUT2D eigenvalue weighted by Crippen LogP contribution is 2.17. The molecule has 7 heteroatoms. The number of rotatable bonds is 4. The van der Waals surface area contributed by atoms with E-state index in [9.17, 15) is 8.42 Å². The zero-order valence-electron chi connectivity index (χ0n) is 9.75. The van der Waals surface area contributed by atoms with Crippen LogP contribution in [0.5, 0.6) is 0 Å². The molecule has 1 saturated heterocycles. The lowest BCUT2D eigenvalue weighted by Gasteiger charge is -2.20. The molecule has 0 saturated carbocycles. The molecule has 0 aromatic heterocycles. The van der Waals surface area contributed by atoms with Gasteiger partial charge in [0, 0.05) is 0 Å². The van der Waals surface area contributed by atoms with Crippen molar-refractivity contribution in [1.29, 1.82) is 0 Å². The summed E-state index contributed by atoms with van der Waals surface area (Å²) >= 11 is 4.83. The van der Waals surface area contributed by atoms with E-state index in [1.807, 2.05) is 0 Å². The highest BCUT2D eigenvalue weighted by Gasteiger charge is 2.35. The van der Waals surface area contributed by atoms with Gasteiger partial charge in [-0.1, -0.05) is 18.2 Å². The fourth-order valence-corrected chi connectivity index (χ4v) is 2.83. The largest absolute Gasteiger partial charge is 0.468 e. The van der Waals surface area contributed by atoms with Gasteiger partial charge in [0.1, 0.15) is 6.61 Å². The van der Waals surface area contributed by atoms with Crippen LogP contribution in [0.3, 0.4) is 0 Å². The van der Waals surface area contributed by atoms with E-state index < -0.39 is 15.7 Å². The van der Waals surface area contributed by atoms with Crippen molar-refractivity contribution in [2.24, 2.45) is 0 Å². The van der Waals surface area contributed by atoms with Crippen LogP contribution in [0.1, 0.15) is 6.92 Å². The summed E-state index contributed by atoms with van der Waals surface area (Å²) in [5.74, 6) is 0. The Balaban J connectivity index is 2.04. The monoisotopic (exact) mass is 287 g/mol. The molecule has 2 rings (SSSR count). The van der Waals surface area contributed by atoms with Crippen LogP contribution in [0.4, 0.5) is 0 Å². The standard InChI is InChI=1S/C11H13NO4S2/c1-11(7-15-10(17)12-11)8-16-18(13,14)9-5-3-2-4-6-9/h2-6H,7-8H2,1H3,(H,12,17). The quantitative estimate of drug-likeness (QED) is 0.660. The fourth-order valence-electron chi connectivity index (χ4n) is 1.48. The highest BCUT2D eigenvalue weighted by atomic mass is 32.2. The van der Waals surface area contributed by atoms with Crippen molar-refractivity contribution in [3.05, 3.63) is 30.3 Å². The molecule has 5 nitrogen and oxygen atoms in total. The van der Waals surface area contributed by atoms with Crippen LogP contribution in [0.25, 0.3) is 0 Å². The average molecular weight is 287 g/mol. The molecule has 0 bridgehead atoms. The Labute approximate surface area is 111 Å². The first-order valence-electron chi connectivity index (χ1n) is 5.31. The molecule has 1 N–H and O–H groups in total. The predicted molar refractivity (Wildman–Crippen MR) is 69.7 cm³/mol. The fraction of sp³-hybridized carbons (Fsp3) is 0.364. The van der Waals surface area contributed by atoms with Crippen LogP contribution in [-0.2, 0) is 19.0 Å². The Hall–Kier alpha value is -1.18. The van der Waals surface area contributed by atoms with E-state index in [0.717, 1.165) is 0 Å². The van der Waals surface area contributed by atoms with Gasteiger partial charge in [0.05, 0.1) is 17.0 Å². The maximum atomic E-state index is 11.9. The van der Waals surface area contributed by atoms with Gasteiger partial charge in [-0.3, -0.25) is 4.18 Å². The maximum absolute atomic E-state index is 11.9. The first kappa shape index (κ1) is 13.3. The molecule has 1 heterocycles. The molecule has 0 spiro atoms. The van der Waals surface area contributed by atoms with Gasteiger partial charge in [-0.05, 0) is 31.3 Å². The van der Waals surface area contributed by atoms with Crippen LogP contribution >= 0.6 is 12.2 Å². The van der Waals surface area contributed by atoms with Crippen LogP contribution in [0, 0.1) is 0 Å². The van der Waals surface area contributed by atoms with E-state index in [-0.39, 0.29) is 23.3 Å². The zero-order chi connectivity index (χ0) is 13.2. The second-order valence-electron chi connectivity index (χ2n) is 4.29. The molecular formula is C11H13NO4S2. The average Bonchev–Trinajstić information content (AvgIpc) is 2.69. The molecule has 1 fully saturated rings. The normalized spacial score (nSPS) is 23.5. The number of nitrogens with one attached hydrogen (secondary N) is 1. The molecule has 1 aliphatic heterocycles. The van der Waals surface area contributed by atoms with Gasteiger partial charge in [0.2, 0.25) is 0 Å². The summed E-state index contributed by atoms with van der Waals surface area (Å²) in [5.41, 5.74) is -0.612. The highest BCUT2D eigenvalue weighted by molar-refractivity contribution is 7.86. The van der Waals surface area contributed by atoms with Crippen LogP contribution < -0.4 is 5.32 Å². The molecule has 1 aliphatic rings. The van der Waals surface area contributed by atoms with Crippen molar-refractivity contribution in [3.8, 4) is 0 Å². The van der Waals surface area contributed by atoms with E-state index >= 15 is 0 Å². The molecule has 0 amide bonds. The van der Waals surface area contributed by atoms with E-state index in [4.69, 9.17) is 21.1 Å². The molecule has 98 valence electrons.